The summed E-state index contributed by atoms with van der Waals surface area (Å²) in [6.07, 6.45) is 11.9. The van der Waals surface area contributed by atoms with Crippen molar-refractivity contribution in [3.05, 3.63) is 35.4 Å². The predicted octanol–water partition coefficient (Wildman–Crippen LogP) is 5.03. The first kappa shape index (κ1) is 17.5. The molecule has 1 N–H and O–H groups in total. The zero-order valence-electron chi connectivity index (χ0n) is 14.4. The van der Waals surface area contributed by atoms with Crippen LogP contribution in [0.3, 0.4) is 0 Å². The molecule has 0 aromatic heterocycles. The average Bonchev–Trinajstić information content (AvgIpc) is 2.57. The minimum atomic E-state index is 0.475. The fourth-order valence-corrected chi connectivity index (χ4v) is 3.62. The average molecular weight is 303 g/mol. The lowest BCUT2D eigenvalue weighted by atomic mass is 9.88. The van der Waals surface area contributed by atoms with E-state index in [0.29, 0.717) is 12.1 Å². The molecule has 0 radical (unpaired) electrons. The molecule has 1 aliphatic carbocycles. The Balaban J connectivity index is 1.62. The van der Waals surface area contributed by atoms with E-state index in [4.69, 9.17) is 4.74 Å². The first-order valence-corrected chi connectivity index (χ1v) is 9.19. The molecule has 2 rings (SSSR count). The maximum absolute atomic E-state index is 5.52. The highest BCUT2D eigenvalue weighted by Gasteiger charge is 2.18. The Morgan fingerprint density at radius 2 is 2.05 bits per heavy atom. The molecule has 1 aromatic carbocycles. The Morgan fingerprint density at radius 3 is 2.86 bits per heavy atom. The molecule has 0 bridgehead atoms. The Bertz CT molecular complexity index is 418. The van der Waals surface area contributed by atoms with E-state index in [0.717, 1.165) is 6.54 Å². The molecule has 2 atom stereocenters. The van der Waals surface area contributed by atoms with Crippen molar-refractivity contribution in [1.29, 1.82) is 0 Å². The summed E-state index contributed by atoms with van der Waals surface area (Å²) in [5.74, 6) is 0. The van der Waals surface area contributed by atoms with Crippen molar-refractivity contribution in [2.24, 2.45) is 0 Å². The van der Waals surface area contributed by atoms with Crippen molar-refractivity contribution in [2.75, 3.05) is 13.7 Å². The van der Waals surface area contributed by atoms with Crippen molar-refractivity contribution >= 4 is 0 Å². The number of unbranched alkanes of at least 4 members (excludes halogenated alkanes) is 2. The molecule has 0 amide bonds. The highest BCUT2D eigenvalue weighted by molar-refractivity contribution is 5.32. The molecule has 124 valence electrons. The number of aryl methyl sites for hydroxylation is 1. The molecule has 2 unspecified atom stereocenters. The van der Waals surface area contributed by atoms with Gasteiger partial charge < -0.3 is 10.1 Å². The molecule has 2 heteroatoms. The Morgan fingerprint density at radius 1 is 1.18 bits per heavy atom. The third-order valence-corrected chi connectivity index (χ3v) is 4.91. The SMILES string of the molecule is CCCC(CCCCCNC1CCCc2ccccc21)OC. The summed E-state index contributed by atoms with van der Waals surface area (Å²) in [5.41, 5.74) is 3.09. The number of benzene rings is 1. The van der Waals surface area contributed by atoms with Gasteiger partial charge in [0.2, 0.25) is 0 Å². The molecule has 1 aliphatic rings. The molecule has 0 saturated heterocycles. The van der Waals surface area contributed by atoms with Crippen LogP contribution < -0.4 is 5.32 Å². The van der Waals surface area contributed by atoms with Crippen LogP contribution in [0, 0.1) is 0 Å². The molecule has 2 nitrogen and oxygen atoms in total. The van der Waals surface area contributed by atoms with E-state index in [9.17, 15) is 0 Å². The van der Waals surface area contributed by atoms with Gasteiger partial charge in [0, 0.05) is 13.2 Å². The van der Waals surface area contributed by atoms with Gasteiger partial charge in [0.05, 0.1) is 6.10 Å². The van der Waals surface area contributed by atoms with Gasteiger partial charge in [-0.25, -0.2) is 0 Å². The second kappa shape index (κ2) is 10.0. The third kappa shape index (κ3) is 5.40. The zero-order chi connectivity index (χ0) is 15.6. The van der Waals surface area contributed by atoms with Gasteiger partial charge in [0.15, 0.2) is 0 Å². The quantitative estimate of drug-likeness (QED) is 0.612. The number of hydrogen-bond acceptors (Lipinski definition) is 2. The summed E-state index contributed by atoms with van der Waals surface area (Å²) in [6, 6.07) is 9.53. The van der Waals surface area contributed by atoms with Crippen LogP contribution in [0.15, 0.2) is 24.3 Å². The van der Waals surface area contributed by atoms with Gasteiger partial charge in [0.25, 0.3) is 0 Å². The maximum atomic E-state index is 5.52. The molecular weight excluding hydrogens is 270 g/mol. The van der Waals surface area contributed by atoms with E-state index in [2.05, 4.69) is 36.5 Å². The number of hydrogen-bond donors (Lipinski definition) is 1. The fraction of sp³-hybridized carbons (Fsp3) is 0.700. The van der Waals surface area contributed by atoms with Gasteiger partial charge in [-0.05, 0) is 56.2 Å². The van der Waals surface area contributed by atoms with Gasteiger partial charge in [-0.15, -0.1) is 0 Å². The number of ether oxygens (including phenoxy) is 1. The molecule has 1 aromatic rings. The largest absolute Gasteiger partial charge is 0.381 e. The molecular formula is C20H33NO. The lowest BCUT2D eigenvalue weighted by molar-refractivity contribution is 0.0850. The number of fused-ring (bicyclic) bond motifs is 1. The van der Waals surface area contributed by atoms with Crippen LogP contribution in [0.25, 0.3) is 0 Å². The summed E-state index contributed by atoms with van der Waals surface area (Å²) in [6.45, 7) is 3.38. The normalized spacial score (nSPS) is 18.9. The van der Waals surface area contributed by atoms with E-state index < -0.39 is 0 Å². The van der Waals surface area contributed by atoms with Crippen molar-refractivity contribution in [3.63, 3.8) is 0 Å². The van der Waals surface area contributed by atoms with Crippen LogP contribution in [-0.4, -0.2) is 19.8 Å². The lowest BCUT2D eigenvalue weighted by Crippen LogP contribution is -2.26. The molecule has 0 heterocycles. The molecule has 0 saturated carbocycles. The second-order valence-electron chi connectivity index (χ2n) is 6.59. The van der Waals surface area contributed by atoms with Gasteiger partial charge in [0.1, 0.15) is 0 Å². The van der Waals surface area contributed by atoms with Crippen molar-refractivity contribution in [2.45, 2.75) is 76.9 Å². The van der Waals surface area contributed by atoms with Crippen molar-refractivity contribution < 1.29 is 4.74 Å². The van der Waals surface area contributed by atoms with Crippen LogP contribution in [-0.2, 0) is 11.2 Å². The summed E-state index contributed by atoms with van der Waals surface area (Å²) >= 11 is 0. The molecule has 22 heavy (non-hydrogen) atoms. The lowest BCUT2D eigenvalue weighted by Gasteiger charge is -2.26. The summed E-state index contributed by atoms with van der Waals surface area (Å²) in [4.78, 5) is 0. The highest BCUT2D eigenvalue weighted by atomic mass is 16.5. The van der Waals surface area contributed by atoms with Gasteiger partial charge in [-0.2, -0.15) is 0 Å². The molecule has 0 spiro atoms. The van der Waals surface area contributed by atoms with E-state index in [1.54, 1.807) is 5.56 Å². The van der Waals surface area contributed by atoms with Crippen LogP contribution in [0.5, 0.6) is 0 Å². The number of methoxy groups -OCH3 is 1. The van der Waals surface area contributed by atoms with Gasteiger partial charge in [-0.1, -0.05) is 50.5 Å². The minimum Gasteiger partial charge on any atom is -0.381 e. The molecule has 0 aliphatic heterocycles. The number of rotatable bonds is 10. The highest BCUT2D eigenvalue weighted by Crippen LogP contribution is 2.29. The maximum Gasteiger partial charge on any atom is 0.0571 e. The van der Waals surface area contributed by atoms with Crippen LogP contribution in [0.2, 0.25) is 0 Å². The van der Waals surface area contributed by atoms with E-state index in [1.165, 1.54) is 63.4 Å². The standard InChI is InChI=1S/C20H33NO/c1-3-10-18(22-2)13-5-4-8-16-21-20-15-9-12-17-11-6-7-14-19(17)20/h6-7,11,14,18,20-21H,3-5,8-10,12-13,15-16H2,1-2H3. The zero-order valence-corrected chi connectivity index (χ0v) is 14.4. The second-order valence-corrected chi connectivity index (χ2v) is 6.59. The first-order valence-electron chi connectivity index (χ1n) is 9.19. The monoisotopic (exact) mass is 303 g/mol. The first-order chi connectivity index (χ1) is 10.8. The summed E-state index contributed by atoms with van der Waals surface area (Å²) in [7, 11) is 1.85. The molecule has 0 fully saturated rings. The minimum absolute atomic E-state index is 0.475. The van der Waals surface area contributed by atoms with Gasteiger partial charge in [-0.3, -0.25) is 0 Å². The Kier molecular flexibility index (Phi) is 7.96. The number of nitrogens with one attached hydrogen (secondary N) is 1. The van der Waals surface area contributed by atoms with Crippen LogP contribution in [0.4, 0.5) is 0 Å². The predicted molar refractivity (Wildman–Crippen MR) is 94.3 cm³/mol. The fourth-order valence-electron chi connectivity index (χ4n) is 3.62. The Labute approximate surface area is 136 Å². The van der Waals surface area contributed by atoms with E-state index in [1.807, 2.05) is 7.11 Å². The van der Waals surface area contributed by atoms with E-state index >= 15 is 0 Å². The van der Waals surface area contributed by atoms with Crippen LogP contribution >= 0.6 is 0 Å². The third-order valence-electron chi connectivity index (χ3n) is 4.91. The van der Waals surface area contributed by atoms with E-state index in [-0.39, 0.29) is 0 Å². The summed E-state index contributed by atoms with van der Waals surface area (Å²) in [5, 5.41) is 3.77. The van der Waals surface area contributed by atoms with Crippen molar-refractivity contribution in [3.8, 4) is 0 Å². The smallest absolute Gasteiger partial charge is 0.0571 e. The van der Waals surface area contributed by atoms with Crippen LogP contribution in [0.1, 0.15) is 75.5 Å². The van der Waals surface area contributed by atoms with Gasteiger partial charge >= 0.3 is 0 Å². The summed E-state index contributed by atoms with van der Waals surface area (Å²) < 4.78 is 5.52. The Hall–Kier alpha value is -0.860. The topological polar surface area (TPSA) is 21.3 Å². The van der Waals surface area contributed by atoms with Crippen molar-refractivity contribution in [1.82, 2.24) is 5.32 Å².